The lowest BCUT2D eigenvalue weighted by atomic mass is 9.93. The van der Waals surface area contributed by atoms with Gasteiger partial charge in [-0.2, -0.15) is 0 Å². The zero-order chi connectivity index (χ0) is 25.1. The molecule has 0 saturated carbocycles. The summed E-state index contributed by atoms with van der Waals surface area (Å²) in [5.41, 5.74) is 0. The van der Waals surface area contributed by atoms with E-state index in [9.17, 15) is 4.79 Å². The highest BCUT2D eigenvalue weighted by Gasteiger charge is 2.09. The molecule has 202 valence electrons. The van der Waals surface area contributed by atoms with E-state index in [1.165, 1.54) is 122 Å². The van der Waals surface area contributed by atoms with Crippen molar-refractivity contribution < 1.29 is 9.53 Å². The van der Waals surface area contributed by atoms with Crippen LogP contribution in [0.2, 0.25) is 0 Å². The molecule has 0 amide bonds. The van der Waals surface area contributed by atoms with E-state index in [1.807, 2.05) is 6.92 Å². The van der Waals surface area contributed by atoms with Crippen LogP contribution in [0, 0.1) is 5.92 Å². The molecule has 34 heavy (non-hydrogen) atoms. The van der Waals surface area contributed by atoms with Crippen molar-refractivity contribution in [2.24, 2.45) is 5.92 Å². The summed E-state index contributed by atoms with van der Waals surface area (Å²) in [4.78, 5) is 13.7. The molecule has 0 aliphatic heterocycles. The van der Waals surface area contributed by atoms with Crippen LogP contribution < -0.4 is 0 Å². The fourth-order valence-corrected chi connectivity index (χ4v) is 4.82. The summed E-state index contributed by atoms with van der Waals surface area (Å²) in [5, 5.41) is 0. The summed E-state index contributed by atoms with van der Waals surface area (Å²) < 4.78 is 4.95. The van der Waals surface area contributed by atoms with Gasteiger partial charge < -0.3 is 9.64 Å². The predicted molar refractivity (Wildman–Crippen MR) is 150 cm³/mol. The normalized spacial score (nSPS) is 12.6. The minimum atomic E-state index is -0.0622. The lowest BCUT2D eigenvalue weighted by molar-refractivity contribution is -0.143. The van der Waals surface area contributed by atoms with E-state index < -0.39 is 0 Å². The fraction of sp³-hybridized carbons (Fsp3) is 0.903. The highest BCUT2D eigenvalue weighted by atomic mass is 16.5. The Balaban J connectivity index is 3.52. The van der Waals surface area contributed by atoms with Gasteiger partial charge >= 0.3 is 5.97 Å². The fourth-order valence-electron chi connectivity index (χ4n) is 4.82. The van der Waals surface area contributed by atoms with Crippen molar-refractivity contribution in [2.45, 2.75) is 149 Å². The molecular weight excluding hydrogens is 418 g/mol. The molecule has 0 rings (SSSR count). The number of allylic oxidation sites excluding steroid dienone is 2. The number of unbranched alkanes of at least 4 members (excludes halogenated alkanes) is 15. The second-order valence-electron chi connectivity index (χ2n) is 10.6. The molecule has 0 N–H and O–H groups in total. The Morgan fingerprint density at radius 1 is 0.676 bits per heavy atom. The van der Waals surface area contributed by atoms with Crippen molar-refractivity contribution in [3.63, 3.8) is 0 Å². The van der Waals surface area contributed by atoms with Gasteiger partial charge in [-0.25, -0.2) is 0 Å². The second kappa shape index (κ2) is 26.8. The Labute approximate surface area is 214 Å². The number of ether oxygens (including phenoxy) is 1. The van der Waals surface area contributed by atoms with Crippen molar-refractivity contribution in [1.82, 2.24) is 4.90 Å². The molecule has 0 aromatic rings. The molecule has 0 heterocycles. The molecule has 0 bridgehead atoms. The van der Waals surface area contributed by atoms with Crippen molar-refractivity contribution in [3.8, 4) is 0 Å². The first-order valence-corrected chi connectivity index (χ1v) is 15.0. The SMILES string of the molecule is CCCCCCCCCC(CCCCCCCCCC/C=C\CCCC(=O)OCC)CN(C)C. The van der Waals surface area contributed by atoms with Gasteiger partial charge in [-0.1, -0.05) is 109 Å². The molecule has 0 spiro atoms. The van der Waals surface area contributed by atoms with Crippen molar-refractivity contribution >= 4 is 5.97 Å². The van der Waals surface area contributed by atoms with E-state index in [4.69, 9.17) is 4.74 Å². The topological polar surface area (TPSA) is 29.5 Å². The van der Waals surface area contributed by atoms with E-state index in [0.717, 1.165) is 18.8 Å². The summed E-state index contributed by atoms with van der Waals surface area (Å²) in [7, 11) is 4.47. The van der Waals surface area contributed by atoms with Gasteiger partial charge in [-0.3, -0.25) is 4.79 Å². The van der Waals surface area contributed by atoms with Crippen LogP contribution in [0.3, 0.4) is 0 Å². The van der Waals surface area contributed by atoms with E-state index in [1.54, 1.807) is 0 Å². The number of carbonyl (C=O) groups excluding carboxylic acids is 1. The van der Waals surface area contributed by atoms with Crippen LogP contribution in [0.1, 0.15) is 149 Å². The minimum absolute atomic E-state index is 0.0622. The molecule has 0 aromatic carbocycles. The van der Waals surface area contributed by atoms with Crippen LogP contribution in [0.25, 0.3) is 0 Å². The molecule has 1 atom stereocenters. The van der Waals surface area contributed by atoms with Crippen LogP contribution in [0.4, 0.5) is 0 Å². The lowest BCUT2D eigenvalue weighted by Gasteiger charge is -2.21. The summed E-state index contributed by atoms with van der Waals surface area (Å²) in [6.07, 6.45) is 32.2. The molecule has 0 aliphatic carbocycles. The Morgan fingerprint density at radius 2 is 1.15 bits per heavy atom. The molecule has 0 fully saturated rings. The Morgan fingerprint density at radius 3 is 1.65 bits per heavy atom. The first-order valence-electron chi connectivity index (χ1n) is 15.0. The molecule has 1 unspecified atom stereocenters. The number of hydrogen-bond donors (Lipinski definition) is 0. The zero-order valence-electron chi connectivity index (χ0n) is 23.8. The highest BCUT2D eigenvalue weighted by molar-refractivity contribution is 5.69. The maximum Gasteiger partial charge on any atom is 0.305 e. The van der Waals surface area contributed by atoms with Crippen LogP contribution in [0.5, 0.6) is 0 Å². The molecule has 3 nitrogen and oxygen atoms in total. The first kappa shape index (κ1) is 33.2. The van der Waals surface area contributed by atoms with E-state index in [0.29, 0.717) is 13.0 Å². The summed E-state index contributed by atoms with van der Waals surface area (Å²) in [6.45, 7) is 5.92. The lowest BCUT2D eigenvalue weighted by Crippen LogP contribution is -2.21. The summed E-state index contributed by atoms with van der Waals surface area (Å²) in [5.74, 6) is 0.844. The molecule has 0 aliphatic rings. The number of hydrogen-bond acceptors (Lipinski definition) is 3. The van der Waals surface area contributed by atoms with Crippen molar-refractivity contribution in [3.05, 3.63) is 12.2 Å². The third-order valence-electron chi connectivity index (χ3n) is 6.80. The van der Waals surface area contributed by atoms with Crippen LogP contribution in [-0.4, -0.2) is 38.1 Å². The number of nitrogens with zero attached hydrogens (tertiary/aromatic N) is 1. The van der Waals surface area contributed by atoms with E-state index in [-0.39, 0.29) is 5.97 Å². The van der Waals surface area contributed by atoms with Gasteiger partial charge in [-0.05, 0) is 65.5 Å². The molecule has 0 aromatic heterocycles. The number of rotatable bonds is 26. The maximum atomic E-state index is 11.3. The van der Waals surface area contributed by atoms with Crippen LogP contribution in [-0.2, 0) is 9.53 Å². The van der Waals surface area contributed by atoms with Gasteiger partial charge in [0, 0.05) is 13.0 Å². The van der Waals surface area contributed by atoms with E-state index >= 15 is 0 Å². The largest absolute Gasteiger partial charge is 0.466 e. The van der Waals surface area contributed by atoms with Crippen LogP contribution >= 0.6 is 0 Å². The van der Waals surface area contributed by atoms with Gasteiger partial charge in [0.05, 0.1) is 6.61 Å². The number of esters is 1. The standard InChI is InChI=1S/C31H61NO2/c1-5-7-8-9-17-20-23-26-30(29-32(3)4)27-24-21-18-15-13-11-10-12-14-16-19-22-25-28-31(33)34-6-2/h16,19,30H,5-15,17-18,20-29H2,1-4H3/b19-16-. The third kappa shape index (κ3) is 25.8. The van der Waals surface area contributed by atoms with Gasteiger partial charge in [0.2, 0.25) is 0 Å². The average molecular weight is 480 g/mol. The minimum Gasteiger partial charge on any atom is -0.466 e. The molecule has 0 saturated heterocycles. The Kier molecular flexibility index (Phi) is 26.1. The zero-order valence-corrected chi connectivity index (χ0v) is 23.8. The smallest absolute Gasteiger partial charge is 0.305 e. The van der Waals surface area contributed by atoms with Gasteiger partial charge in [-0.15, -0.1) is 0 Å². The average Bonchev–Trinajstić information content (AvgIpc) is 2.80. The quantitative estimate of drug-likeness (QED) is 0.0702. The van der Waals surface area contributed by atoms with Gasteiger partial charge in [0.15, 0.2) is 0 Å². The number of carbonyl (C=O) groups is 1. The van der Waals surface area contributed by atoms with Crippen molar-refractivity contribution in [2.75, 3.05) is 27.2 Å². The first-order chi connectivity index (χ1) is 16.6. The molecule has 0 radical (unpaired) electrons. The highest BCUT2D eigenvalue weighted by Crippen LogP contribution is 2.20. The molecule has 3 heteroatoms. The monoisotopic (exact) mass is 479 g/mol. The predicted octanol–water partition coefficient (Wildman–Crippen LogP) is 9.50. The van der Waals surface area contributed by atoms with Gasteiger partial charge in [0.25, 0.3) is 0 Å². The third-order valence-corrected chi connectivity index (χ3v) is 6.80. The van der Waals surface area contributed by atoms with Crippen molar-refractivity contribution in [1.29, 1.82) is 0 Å². The Bertz CT molecular complexity index is 447. The van der Waals surface area contributed by atoms with Gasteiger partial charge in [0.1, 0.15) is 0 Å². The van der Waals surface area contributed by atoms with Crippen LogP contribution in [0.15, 0.2) is 12.2 Å². The molecular formula is C31H61NO2. The maximum absolute atomic E-state index is 11.3. The second-order valence-corrected chi connectivity index (χ2v) is 10.6. The van der Waals surface area contributed by atoms with E-state index in [2.05, 4.69) is 38.1 Å². The Hall–Kier alpha value is -0.830. The summed E-state index contributed by atoms with van der Waals surface area (Å²) in [6, 6.07) is 0. The summed E-state index contributed by atoms with van der Waals surface area (Å²) >= 11 is 0.